The van der Waals surface area contributed by atoms with E-state index in [9.17, 15) is 5.11 Å². The Kier molecular flexibility index (Phi) is 18.6. The molecule has 2 nitrogen and oxygen atoms in total. The van der Waals surface area contributed by atoms with Crippen LogP contribution in [0, 0.1) is 0 Å². The summed E-state index contributed by atoms with van der Waals surface area (Å²) in [4.78, 5) is 0. The van der Waals surface area contributed by atoms with Crippen molar-refractivity contribution in [3.05, 3.63) is 5.73 Å². The van der Waals surface area contributed by atoms with E-state index in [4.69, 9.17) is 5.73 Å². The molecule has 0 aromatic rings. The maximum absolute atomic E-state index is 9.30. The third-order valence-electron chi connectivity index (χ3n) is 0.204. The third kappa shape index (κ3) is 107. The number of hydrogen-bond donors (Lipinski definition) is 0. The molecule has 3 heteroatoms. The van der Waals surface area contributed by atoms with Gasteiger partial charge in [0.1, 0.15) is 0 Å². The SMILES string of the molecule is CC(C)(C)[NH-].CCC[O-].[K+]. The van der Waals surface area contributed by atoms with E-state index in [0.29, 0.717) is 0 Å². The van der Waals surface area contributed by atoms with Gasteiger partial charge < -0.3 is 10.8 Å². The molecule has 0 spiro atoms. The fourth-order valence-electron chi connectivity index (χ4n) is 0. The van der Waals surface area contributed by atoms with Gasteiger partial charge in [0.05, 0.1) is 0 Å². The average molecular weight is 170 g/mol. The molecule has 0 aliphatic carbocycles. The molecule has 0 aromatic carbocycles. The van der Waals surface area contributed by atoms with Crippen LogP contribution in [0.25, 0.3) is 5.73 Å². The minimum atomic E-state index is -0.250. The summed E-state index contributed by atoms with van der Waals surface area (Å²) < 4.78 is 0. The molecule has 0 rings (SSSR count). The minimum absolute atomic E-state index is 0. The molecular weight excluding hydrogens is 153 g/mol. The van der Waals surface area contributed by atoms with E-state index in [1.807, 2.05) is 27.7 Å². The van der Waals surface area contributed by atoms with Gasteiger partial charge in [-0.05, 0) is 0 Å². The maximum atomic E-state index is 9.30. The molecule has 0 aliphatic heterocycles. The van der Waals surface area contributed by atoms with Gasteiger partial charge in [0.15, 0.2) is 0 Å². The van der Waals surface area contributed by atoms with Gasteiger partial charge in [-0.1, -0.05) is 34.1 Å². The zero-order valence-corrected chi connectivity index (χ0v) is 10.9. The molecule has 58 valence electrons. The molecule has 0 amide bonds. The van der Waals surface area contributed by atoms with Gasteiger partial charge in [-0.2, -0.15) is 0 Å². The van der Waals surface area contributed by atoms with Crippen LogP contribution in [-0.2, 0) is 0 Å². The van der Waals surface area contributed by atoms with Crippen LogP contribution in [0.5, 0.6) is 0 Å². The van der Waals surface area contributed by atoms with Crippen LogP contribution in [-0.4, -0.2) is 12.1 Å². The Hall–Kier alpha value is 1.56. The second kappa shape index (κ2) is 10.6. The quantitative estimate of drug-likeness (QED) is 0.446. The predicted octanol–water partition coefficient (Wildman–Crippen LogP) is -1.40. The first-order valence-corrected chi connectivity index (χ1v) is 3.25. The molecule has 0 fully saturated rings. The monoisotopic (exact) mass is 170 g/mol. The second-order valence-electron chi connectivity index (χ2n) is 2.95. The van der Waals surface area contributed by atoms with Crippen molar-refractivity contribution in [2.45, 2.75) is 39.7 Å². The largest absolute Gasteiger partial charge is 1.00 e. The standard InChI is InChI=1S/C4H10N.C3H7O.K/c1-4(2,3)5;1-2-3-4;/h5H,1-3H3;2-3H2,1H3;/q2*-1;+1. The Morgan fingerprint density at radius 3 is 1.40 bits per heavy atom. The number of rotatable bonds is 1. The molecule has 0 heterocycles. The smallest absolute Gasteiger partial charge is 0.854 e. The molecular formula is C7H17KNO-. The van der Waals surface area contributed by atoms with E-state index in [0.717, 1.165) is 6.42 Å². The maximum Gasteiger partial charge on any atom is 1.00 e. The Bertz CT molecular complexity index is 44.1. The molecule has 1 N–H and O–H groups in total. The Morgan fingerprint density at radius 2 is 1.40 bits per heavy atom. The molecule has 0 bridgehead atoms. The third-order valence-corrected chi connectivity index (χ3v) is 0.204. The average Bonchev–Trinajstić information content (AvgIpc) is 1.61. The molecule has 0 aliphatic rings. The van der Waals surface area contributed by atoms with E-state index >= 15 is 0 Å². The van der Waals surface area contributed by atoms with E-state index in [2.05, 4.69) is 0 Å². The van der Waals surface area contributed by atoms with Gasteiger partial charge in [0.25, 0.3) is 0 Å². The Balaban J connectivity index is -0.0000000910. The molecule has 0 saturated heterocycles. The molecule has 0 unspecified atom stereocenters. The number of nitrogens with one attached hydrogen (secondary N) is 1. The summed E-state index contributed by atoms with van der Waals surface area (Å²) in [7, 11) is 0. The van der Waals surface area contributed by atoms with Gasteiger partial charge in [-0.25, -0.2) is 0 Å². The normalized spacial score (nSPS) is 9.00. The summed E-state index contributed by atoms with van der Waals surface area (Å²) in [5.74, 6) is 0. The van der Waals surface area contributed by atoms with Crippen molar-refractivity contribution in [3.8, 4) is 0 Å². The zero-order chi connectivity index (χ0) is 7.91. The van der Waals surface area contributed by atoms with Gasteiger partial charge >= 0.3 is 51.4 Å². The zero-order valence-electron chi connectivity index (χ0n) is 7.82. The summed E-state index contributed by atoms with van der Waals surface area (Å²) in [5, 5.41) is 9.30. The summed E-state index contributed by atoms with van der Waals surface area (Å²) >= 11 is 0. The molecule has 0 aromatic heterocycles. The van der Waals surface area contributed by atoms with Crippen LogP contribution in [0.15, 0.2) is 0 Å². The first kappa shape index (κ1) is 17.6. The van der Waals surface area contributed by atoms with Crippen molar-refractivity contribution in [2.75, 3.05) is 6.61 Å². The fourth-order valence-corrected chi connectivity index (χ4v) is 0. The topological polar surface area (TPSA) is 46.9 Å². The first-order chi connectivity index (χ1) is 3.91. The van der Waals surface area contributed by atoms with E-state index in [-0.39, 0.29) is 63.5 Å². The van der Waals surface area contributed by atoms with Crippen molar-refractivity contribution >= 4 is 0 Å². The molecule has 10 heavy (non-hydrogen) atoms. The second-order valence-corrected chi connectivity index (χ2v) is 2.95. The van der Waals surface area contributed by atoms with E-state index < -0.39 is 0 Å². The van der Waals surface area contributed by atoms with Crippen LogP contribution >= 0.6 is 0 Å². The summed E-state index contributed by atoms with van der Waals surface area (Å²) in [5.41, 5.74) is 6.69. The summed E-state index contributed by atoms with van der Waals surface area (Å²) in [6.45, 7) is 7.50. The van der Waals surface area contributed by atoms with Gasteiger partial charge in [0.2, 0.25) is 0 Å². The molecule has 0 saturated carbocycles. The van der Waals surface area contributed by atoms with Crippen LogP contribution in [0.2, 0.25) is 0 Å². The van der Waals surface area contributed by atoms with Crippen molar-refractivity contribution in [3.63, 3.8) is 0 Å². The van der Waals surface area contributed by atoms with Gasteiger partial charge in [0, 0.05) is 0 Å². The van der Waals surface area contributed by atoms with Gasteiger partial charge in [-0.3, -0.25) is 0 Å². The fraction of sp³-hybridized carbons (Fsp3) is 1.00. The molecule has 0 atom stereocenters. The van der Waals surface area contributed by atoms with Crippen LogP contribution < -0.4 is 56.5 Å². The predicted molar refractivity (Wildman–Crippen MR) is 39.2 cm³/mol. The van der Waals surface area contributed by atoms with Gasteiger partial charge in [-0.15, -0.1) is 12.1 Å². The van der Waals surface area contributed by atoms with Crippen LogP contribution in [0.1, 0.15) is 34.1 Å². The number of hydrogen-bond acceptors (Lipinski definition) is 1. The Labute approximate surface area is 107 Å². The summed E-state index contributed by atoms with van der Waals surface area (Å²) in [6, 6.07) is 0. The minimum Gasteiger partial charge on any atom is -0.854 e. The van der Waals surface area contributed by atoms with Crippen LogP contribution in [0.3, 0.4) is 0 Å². The molecule has 0 radical (unpaired) electrons. The van der Waals surface area contributed by atoms with Crippen molar-refractivity contribution in [1.82, 2.24) is 0 Å². The van der Waals surface area contributed by atoms with Crippen molar-refractivity contribution < 1.29 is 56.5 Å². The first-order valence-electron chi connectivity index (χ1n) is 3.25. The van der Waals surface area contributed by atoms with Crippen LogP contribution in [0.4, 0.5) is 0 Å². The van der Waals surface area contributed by atoms with Crippen molar-refractivity contribution in [1.29, 1.82) is 0 Å². The summed E-state index contributed by atoms with van der Waals surface area (Å²) in [6.07, 6.45) is 0.764. The van der Waals surface area contributed by atoms with Crippen molar-refractivity contribution in [2.24, 2.45) is 0 Å². The van der Waals surface area contributed by atoms with E-state index in [1.165, 1.54) is 0 Å². The van der Waals surface area contributed by atoms with E-state index in [1.54, 1.807) is 0 Å². The Morgan fingerprint density at radius 1 is 1.30 bits per heavy atom.